The number of amides is 5. The topological polar surface area (TPSA) is 155 Å². The molecule has 0 saturated carbocycles. The Morgan fingerprint density at radius 3 is 2.20 bits per heavy atom. The monoisotopic (exact) mass is 669 g/mol. The third-order valence-corrected chi connectivity index (χ3v) is 8.08. The van der Waals surface area contributed by atoms with E-state index >= 15 is 0 Å². The number of carbonyl (C=O) groups is 5. The average molecular weight is 670 g/mol. The summed E-state index contributed by atoms with van der Waals surface area (Å²) in [6.45, 7) is 4.65. The van der Waals surface area contributed by atoms with Gasteiger partial charge in [0.1, 0.15) is 23.9 Å². The largest absolute Gasteiger partial charge is 0.493 e. The Kier molecular flexibility index (Phi) is 14.2. The van der Waals surface area contributed by atoms with Crippen molar-refractivity contribution in [2.75, 3.05) is 19.7 Å². The van der Waals surface area contributed by atoms with Crippen LogP contribution in [0.4, 0.5) is 0 Å². The van der Waals surface area contributed by atoms with Crippen LogP contribution >= 0.6 is 0 Å². The number of benzene rings is 3. The number of hydrogen-bond acceptors (Lipinski definition) is 6. The van der Waals surface area contributed by atoms with E-state index < -0.39 is 48.2 Å². The van der Waals surface area contributed by atoms with E-state index in [9.17, 15) is 24.0 Å². The SMILES string of the molecule is CC(C)C[C@@H]1NC(=O)C[C@@H](C(=O)NCCCc2ccccc2)NC(=O)c2ccccc2OCCCNC(=O)[C@H](Cc2ccccc2)NC1=O. The predicted octanol–water partition coefficient (Wildman–Crippen LogP) is 3.08. The van der Waals surface area contributed by atoms with Crippen molar-refractivity contribution in [2.45, 2.75) is 70.5 Å². The van der Waals surface area contributed by atoms with Crippen LogP contribution in [0.25, 0.3) is 0 Å². The molecule has 5 N–H and O–H groups in total. The fraction of sp³-hybridized carbons (Fsp3) is 0.395. The quantitative estimate of drug-likeness (QED) is 0.221. The van der Waals surface area contributed by atoms with E-state index in [-0.39, 0.29) is 37.0 Å². The second-order valence-electron chi connectivity index (χ2n) is 12.6. The molecule has 0 spiro atoms. The standard InChI is InChI=1S/C38H47N5O6/c1-26(2)23-30-38(48)43-31(24-28-15-7-4-8-16-28)36(46)40-21-12-22-49-33-19-10-9-18-29(33)35(45)42-32(25-34(44)41-30)37(47)39-20-11-17-27-13-5-3-6-14-27/h3-10,13-16,18-19,26,30-32H,11-12,17,20-25H2,1-2H3,(H,39,47)(H,40,46)(H,41,44)(H,42,45)(H,43,48)/t30-,31-,32-/m0/s1. The molecule has 3 aromatic rings. The van der Waals surface area contributed by atoms with Crippen molar-refractivity contribution in [1.29, 1.82) is 0 Å². The van der Waals surface area contributed by atoms with Gasteiger partial charge in [-0.15, -0.1) is 0 Å². The number of nitrogens with one attached hydrogen (secondary N) is 5. The molecule has 3 aromatic carbocycles. The molecule has 0 saturated heterocycles. The van der Waals surface area contributed by atoms with Crippen molar-refractivity contribution < 1.29 is 28.7 Å². The zero-order valence-electron chi connectivity index (χ0n) is 28.2. The lowest BCUT2D eigenvalue weighted by molar-refractivity contribution is -0.133. The minimum absolute atomic E-state index is 0.0234. The first-order valence-corrected chi connectivity index (χ1v) is 16.9. The summed E-state index contributed by atoms with van der Waals surface area (Å²) in [4.78, 5) is 67.5. The molecule has 0 unspecified atom stereocenters. The van der Waals surface area contributed by atoms with Gasteiger partial charge in [0.15, 0.2) is 0 Å². The lowest BCUT2D eigenvalue weighted by atomic mass is 10.0. The molecule has 0 aliphatic carbocycles. The first-order valence-electron chi connectivity index (χ1n) is 16.9. The summed E-state index contributed by atoms with van der Waals surface area (Å²) in [5.74, 6) is -2.24. The van der Waals surface area contributed by atoms with Crippen LogP contribution in [0.15, 0.2) is 84.9 Å². The normalized spacial score (nSPS) is 19.5. The van der Waals surface area contributed by atoms with Gasteiger partial charge in [-0.25, -0.2) is 0 Å². The summed E-state index contributed by atoms with van der Waals surface area (Å²) in [7, 11) is 0. The lowest BCUT2D eigenvalue weighted by Crippen LogP contribution is -2.56. The van der Waals surface area contributed by atoms with E-state index in [2.05, 4.69) is 26.6 Å². The van der Waals surface area contributed by atoms with Crippen LogP contribution in [0.5, 0.6) is 5.75 Å². The molecular weight excluding hydrogens is 622 g/mol. The summed E-state index contributed by atoms with van der Waals surface area (Å²) in [5.41, 5.74) is 2.20. The van der Waals surface area contributed by atoms with Gasteiger partial charge in [-0.2, -0.15) is 0 Å². The number of rotatable bonds is 9. The maximum atomic E-state index is 13.7. The molecule has 0 aromatic heterocycles. The Morgan fingerprint density at radius 2 is 1.49 bits per heavy atom. The molecule has 5 amide bonds. The van der Waals surface area contributed by atoms with Crippen LogP contribution in [0, 0.1) is 5.92 Å². The second-order valence-corrected chi connectivity index (χ2v) is 12.6. The van der Waals surface area contributed by atoms with Crippen molar-refractivity contribution >= 4 is 29.5 Å². The van der Waals surface area contributed by atoms with Gasteiger partial charge in [0.25, 0.3) is 5.91 Å². The zero-order chi connectivity index (χ0) is 35.0. The van der Waals surface area contributed by atoms with E-state index in [0.717, 1.165) is 17.5 Å². The summed E-state index contributed by atoms with van der Waals surface area (Å²) in [6, 6.07) is 22.8. The molecule has 1 aliphatic heterocycles. The molecule has 0 bridgehead atoms. The highest BCUT2D eigenvalue weighted by Crippen LogP contribution is 2.19. The number of ether oxygens (including phenoxy) is 1. The third kappa shape index (κ3) is 12.1. The highest BCUT2D eigenvalue weighted by Gasteiger charge is 2.30. The van der Waals surface area contributed by atoms with E-state index in [1.54, 1.807) is 24.3 Å². The fourth-order valence-corrected chi connectivity index (χ4v) is 5.56. The molecular formula is C38H47N5O6. The minimum atomic E-state index is -1.23. The van der Waals surface area contributed by atoms with Crippen molar-refractivity contribution in [3.8, 4) is 5.75 Å². The third-order valence-electron chi connectivity index (χ3n) is 8.08. The van der Waals surface area contributed by atoms with Gasteiger partial charge in [-0.1, -0.05) is 86.6 Å². The molecule has 11 nitrogen and oxygen atoms in total. The first kappa shape index (κ1) is 36.6. The van der Waals surface area contributed by atoms with Crippen LogP contribution in [0.1, 0.15) is 61.0 Å². The number of aryl methyl sites for hydroxylation is 1. The van der Waals surface area contributed by atoms with Gasteiger partial charge in [0.05, 0.1) is 18.6 Å². The molecule has 1 aliphatic rings. The highest BCUT2D eigenvalue weighted by molar-refractivity contribution is 6.01. The van der Waals surface area contributed by atoms with Gasteiger partial charge in [-0.3, -0.25) is 24.0 Å². The minimum Gasteiger partial charge on any atom is -0.493 e. The Bertz CT molecular complexity index is 1550. The van der Waals surface area contributed by atoms with Gasteiger partial charge in [0, 0.05) is 19.5 Å². The summed E-state index contributed by atoms with van der Waals surface area (Å²) in [5, 5.41) is 14.1. The molecule has 0 fully saturated rings. The predicted molar refractivity (Wildman–Crippen MR) is 187 cm³/mol. The van der Waals surface area contributed by atoms with Crippen molar-refractivity contribution in [3.63, 3.8) is 0 Å². The molecule has 1 heterocycles. The Hall–Kier alpha value is -5.19. The second kappa shape index (κ2) is 19.0. The van der Waals surface area contributed by atoms with E-state index in [1.165, 1.54) is 0 Å². The Morgan fingerprint density at radius 1 is 0.816 bits per heavy atom. The van der Waals surface area contributed by atoms with Crippen molar-refractivity contribution in [3.05, 3.63) is 102 Å². The number of carbonyl (C=O) groups excluding carboxylic acids is 5. The molecule has 3 atom stereocenters. The molecule has 0 radical (unpaired) electrons. The highest BCUT2D eigenvalue weighted by atomic mass is 16.5. The number of para-hydroxylation sites is 1. The Labute approximate surface area is 288 Å². The molecule has 11 heteroatoms. The fourth-order valence-electron chi connectivity index (χ4n) is 5.56. The van der Waals surface area contributed by atoms with Crippen molar-refractivity contribution in [1.82, 2.24) is 26.6 Å². The number of hydrogen-bond donors (Lipinski definition) is 5. The maximum absolute atomic E-state index is 13.7. The van der Waals surface area contributed by atoms with Crippen LogP contribution < -0.4 is 31.3 Å². The van der Waals surface area contributed by atoms with E-state index in [4.69, 9.17) is 4.74 Å². The van der Waals surface area contributed by atoms with Gasteiger partial charge in [0.2, 0.25) is 23.6 Å². The average Bonchev–Trinajstić information content (AvgIpc) is 3.09. The molecule has 260 valence electrons. The summed E-state index contributed by atoms with van der Waals surface area (Å²) < 4.78 is 5.91. The molecule has 49 heavy (non-hydrogen) atoms. The van der Waals surface area contributed by atoms with Crippen LogP contribution in [0.3, 0.4) is 0 Å². The van der Waals surface area contributed by atoms with Gasteiger partial charge in [-0.05, 0) is 54.9 Å². The molecule has 4 rings (SSSR count). The summed E-state index contributed by atoms with van der Waals surface area (Å²) in [6.07, 6.45) is 1.99. The lowest BCUT2D eigenvalue weighted by Gasteiger charge is -2.25. The first-order chi connectivity index (χ1) is 23.7. The van der Waals surface area contributed by atoms with Crippen LogP contribution in [-0.2, 0) is 32.0 Å². The maximum Gasteiger partial charge on any atom is 0.255 e. The van der Waals surface area contributed by atoms with Gasteiger partial charge < -0.3 is 31.3 Å². The zero-order valence-corrected chi connectivity index (χ0v) is 28.2. The van der Waals surface area contributed by atoms with E-state index in [1.807, 2.05) is 74.5 Å². The van der Waals surface area contributed by atoms with E-state index in [0.29, 0.717) is 31.6 Å². The van der Waals surface area contributed by atoms with Gasteiger partial charge >= 0.3 is 0 Å². The van der Waals surface area contributed by atoms with Crippen LogP contribution in [-0.4, -0.2) is 67.4 Å². The van der Waals surface area contributed by atoms with Crippen molar-refractivity contribution in [2.24, 2.45) is 5.92 Å². The Balaban J connectivity index is 1.56. The smallest absolute Gasteiger partial charge is 0.255 e. The summed E-state index contributed by atoms with van der Waals surface area (Å²) >= 11 is 0. The van der Waals surface area contributed by atoms with Crippen LogP contribution in [0.2, 0.25) is 0 Å². The number of fused-ring (bicyclic) bond motifs is 1.